The van der Waals surface area contributed by atoms with Gasteiger partial charge in [-0.25, -0.2) is 0 Å². The van der Waals surface area contributed by atoms with Crippen molar-refractivity contribution in [2.45, 2.75) is 12.6 Å². The summed E-state index contributed by atoms with van der Waals surface area (Å²) < 4.78 is 0. The van der Waals surface area contributed by atoms with Gasteiger partial charge >= 0.3 is 7.48 Å². The Hall–Kier alpha value is -0.805. The van der Waals surface area contributed by atoms with E-state index in [9.17, 15) is 5.11 Å². The Labute approximate surface area is 66.1 Å². The summed E-state index contributed by atoms with van der Waals surface area (Å²) in [6.45, 7) is 1.61. The quantitative estimate of drug-likeness (QED) is 0.481. The fourth-order valence-electron chi connectivity index (χ4n) is 0.728. The molecule has 0 fully saturated rings. The minimum absolute atomic E-state index is 0.430. The molecule has 59 valence electrons. The highest BCUT2D eigenvalue weighted by Crippen LogP contribution is 2.14. The second-order valence-corrected chi connectivity index (χ2v) is 2.60. The molecule has 0 aromatic carbocycles. The summed E-state index contributed by atoms with van der Waals surface area (Å²) in [5.41, 5.74) is -0.619. The van der Waals surface area contributed by atoms with Gasteiger partial charge in [0, 0.05) is 7.05 Å². The first-order valence-electron chi connectivity index (χ1n) is 3.28. The summed E-state index contributed by atoms with van der Waals surface area (Å²) in [6.07, 6.45) is 3.11. The first-order valence-corrected chi connectivity index (χ1v) is 3.28. The van der Waals surface area contributed by atoms with Crippen molar-refractivity contribution in [2.75, 3.05) is 7.05 Å². The van der Waals surface area contributed by atoms with Crippen LogP contribution in [0.1, 0.15) is 6.92 Å². The van der Waals surface area contributed by atoms with Crippen molar-refractivity contribution < 1.29 is 10.1 Å². The van der Waals surface area contributed by atoms with Gasteiger partial charge in [0.2, 0.25) is 0 Å². The monoisotopic (exact) mass is 153 g/mol. The lowest BCUT2D eigenvalue weighted by Crippen LogP contribution is -2.41. The first kappa shape index (κ1) is 8.29. The molecule has 0 saturated heterocycles. The van der Waals surface area contributed by atoms with Crippen molar-refractivity contribution in [3.05, 3.63) is 12.2 Å². The molecule has 11 heavy (non-hydrogen) atoms. The lowest BCUT2D eigenvalue weighted by Gasteiger charge is -2.31. The molecule has 0 aromatic heterocycles. The van der Waals surface area contributed by atoms with E-state index in [0.717, 1.165) is 7.48 Å². The van der Waals surface area contributed by atoms with Crippen molar-refractivity contribution in [3.63, 3.8) is 0 Å². The molecule has 1 aliphatic rings. The normalized spacial score (nSPS) is 30.2. The van der Waals surface area contributed by atoms with Crippen LogP contribution in [0.5, 0.6) is 0 Å². The number of likely N-dealkylation sites (N-methyl/N-ethyl adjacent to an activating group) is 1. The van der Waals surface area contributed by atoms with Gasteiger partial charge in [-0.1, -0.05) is 0 Å². The number of nitrogens with zero attached hydrogens (tertiary/aromatic N) is 2. The first-order chi connectivity index (χ1) is 5.06. The van der Waals surface area contributed by atoms with E-state index < -0.39 is 5.72 Å². The summed E-state index contributed by atoms with van der Waals surface area (Å²) in [5, 5.41) is 23.3. The summed E-state index contributed by atoms with van der Waals surface area (Å²) in [4.78, 5) is 0. The van der Waals surface area contributed by atoms with Gasteiger partial charge in [-0.15, -0.1) is 0 Å². The molecule has 0 amide bonds. The van der Waals surface area contributed by atoms with E-state index in [1.165, 1.54) is 5.01 Å². The number of allylic oxidation sites excluding steroid dienone is 1. The molecule has 0 saturated carbocycles. The summed E-state index contributed by atoms with van der Waals surface area (Å²) in [7, 11) is 2.52. The number of rotatable bonds is 1. The predicted molar refractivity (Wildman–Crippen MR) is 42.9 cm³/mol. The molecule has 1 heterocycles. The van der Waals surface area contributed by atoms with Crippen molar-refractivity contribution in [1.82, 2.24) is 5.01 Å². The zero-order chi connectivity index (χ0) is 8.48. The van der Waals surface area contributed by atoms with Crippen LogP contribution in [-0.2, 0) is 0 Å². The molecule has 0 bridgehead atoms. The maximum Gasteiger partial charge on any atom is 0.350 e. The third-order valence-electron chi connectivity index (χ3n) is 1.62. The van der Waals surface area contributed by atoms with Gasteiger partial charge in [-0.2, -0.15) is 5.10 Å². The number of hydrogen-bond acceptors (Lipinski definition) is 4. The Morgan fingerprint density at radius 2 is 2.36 bits per heavy atom. The highest BCUT2D eigenvalue weighted by molar-refractivity contribution is 6.72. The Bertz CT molecular complexity index is 213. The van der Waals surface area contributed by atoms with Crippen LogP contribution in [0.4, 0.5) is 0 Å². The van der Waals surface area contributed by atoms with Gasteiger partial charge in [0.1, 0.15) is 0 Å². The molecule has 1 atom stereocenters. The van der Waals surface area contributed by atoms with Crippen molar-refractivity contribution in [2.24, 2.45) is 5.10 Å². The van der Waals surface area contributed by atoms with Crippen molar-refractivity contribution >= 4 is 13.1 Å². The average molecular weight is 153 g/mol. The largest absolute Gasteiger partial charge is 0.449 e. The zero-order valence-electron chi connectivity index (χ0n) is 6.52. The molecule has 5 heteroatoms. The molecule has 0 aliphatic carbocycles. The van der Waals surface area contributed by atoms with E-state index in [-0.39, 0.29) is 0 Å². The number of aliphatic hydroxyl groups is 1. The second-order valence-electron chi connectivity index (χ2n) is 2.60. The number of hydrazone groups is 1. The molecule has 0 aromatic rings. The van der Waals surface area contributed by atoms with Crippen LogP contribution in [0.25, 0.3) is 0 Å². The molecule has 1 radical (unpaired) electrons. The molecule has 1 unspecified atom stereocenters. The van der Waals surface area contributed by atoms with Crippen LogP contribution in [0.3, 0.4) is 0 Å². The summed E-state index contributed by atoms with van der Waals surface area (Å²) >= 11 is 0. The van der Waals surface area contributed by atoms with E-state index in [1.54, 1.807) is 26.1 Å². The fourth-order valence-corrected chi connectivity index (χ4v) is 0.728. The minimum Gasteiger partial charge on any atom is -0.449 e. The smallest absolute Gasteiger partial charge is 0.350 e. The molecule has 2 N–H and O–H groups in total. The van der Waals surface area contributed by atoms with E-state index >= 15 is 0 Å². The van der Waals surface area contributed by atoms with Crippen molar-refractivity contribution in [3.8, 4) is 0 Å². The van der Waals surface area contributed by atoms with Crippen molar-refractivity contribution in [1.29, 1.82) is 0 Å². The lowest BCUT2D eigenvalue weighted by molar-refractivity contribution is -0.0368. The maximum absolute atomic E-state index is 9.49. The van der Waals surface area contributed by atoms with Crippen LogP contribution < -0.4 is 0 Å². The van der Waals surface area contributed by atoms with Gasteiger partial charge in [0.15, 0.2) is 5.72 Å². The molecular formula is C6H10BN2O2. The standard InChI is InChI=1S/C6H10BN2O2/c1-6(10)4-3-5(7-11)8-9(6)2/h3-4,10-11H,1-2H3. The maximum atomic E-state index is 9.49. The summed E-state index contributed by atoms with van der Waals surface area (Å²) in [5.74, 6) is 0. The third-order valence-corrected chi connectivity index (χ3v) is 1.62. The van der Waals surface area contributed by atoms with Crippen LogP contribution in [-0.4, -0.2) is 41.0 Å². The van der Waals surface area contributed by atoms with E-state index in [2.05, 4.69) is 5.10 Å². The van der Waals surface area contributed by atoms with Crippen LogP contribution in [0.2, 0.25) is 0 Å². The second kappa shape index (κ2) is 2.67. The Balaban J connectivity index is 2.80. The van der Waals surface area contributed by atoms with Gasteiger partial charge in [0.25, 0.3) is 0 Å². The topological polar surface area (TPSA) is 56.1 Å². The van der Waals surface area contributed by atoms with Crippen LogP contribution in [0.15, 0.2) is 17.3 Å². The summed E-state index contributed by atoms with van der Waals surface area (Å²) in [6, 6.07) is 0. The van der Waals surface area contributed by atoms with Gasteiger partial charge in [0.05, 0.1) is 5.61 Å². The SMILES string of the molecule is CN1N=C([B]O)C=CC1(C)O. The van der Waals surface area contributed by atoms with Gasteiger partial charge in [-0.05, 0) is 19.1 Å². The number of hydrogen-bond donors (Lipinski definition) is 2. The van der Waals surface area contributed by atoms with E-state index in [4.69, 9.17) is 5.02 Å². The highest BCUT2D eigenvalue weighted by Gasteiger charge is 2.24. The van der Waals surface area contributed by atoms with E-state index in [1.807, 2.05) is 0 Å². The molecule has 0 spiro atoms. The van der Waals surface area contributed by atoms with Gasteiger partial charge < -0.3 is 10.1 Å². The average Bonchev–Trinajstić information content (AvgIpc) is 1.95. The zero-order valence-corrected chi connectivity index (χ0v) is 6.52. The molecule has 1 rings (SSSR count). The van der Waals surface area contributed by atoms with Crippen LogP contribution in [0, 0.1) is 0 Å². The lowest BCUT2D eigenvalue weighted by atomic mass is 9.91. The Kier molecular flexibility index (Phi) is 2.02. The molecule has 1 aliphatic heterocycles. The predicted octanol–water partition coefficient (Wildman–Crippen LogP) is -0.878. The fraction of sp³-hybridized carbons (Fsp3) is 0.500. The molecular weight excluding hydrogens is 143 g/mol. The Morgan fingerprint density at radius 1 is 1.73 bits per heavy atom. The minimum atomic E-state index is -1.05. The molecule has 4 nitrogen and oxygen atoms in total. The van der Waals surface area contributed by atoms with Gasteiger partial charge in [-0.3, -0.25) is 5.01 Å². The third kappa shape index (κ3) is 1.61. The highest BCUT2D eigenvalue weighted by atomic mass is 16.3. The van der Waals surface area contributed by atoms with E-state index in [0.29, 0.717) is 5.61 Å². The Morgan fingerprint density at radius 3 is 2.82 bits per heavy atom. The van der Waals surface area contributed by atoms with Crippen LogP contribution >= 0.6 is 0 Å².